The second-order valence-electron chi connectivity index (χ2n) is 18.9. The topological polar surface area (TPSA) is 9.23 Å². The molecule has 9 aromatic rings. The predicted octanol–water partition coefficient (Wildman–Crippen LogP) is 14.7. The van der Waals surface area contributed by atoms with Crippen molar-refractivity contribution < 1.29 is 22.7 Å². The molecule has 0 aromatic heterocycles. The summed E-state index contributed by atoms with van der Waals surface area (Å²) in [7, 11) is -5.83. The van der Waals surface area contributed by atoms with Crippen LogP contribution in [0.25, 0.3) is 33.2 Å². The second-order valence-corrected chi connectivity index (χ2v) is 26.5. The first kappa shape index (κ1) is 49.6. The molecule has 2 aliphatic rings. The molecule has 0 aliphatic carbocycles. The summed E-state index contributed by atoms with van der Waals surface area (Å²) >= 11 is 1.84. The van der Waals surface area contributed by atoms with Gasteiger partial charge in [0, 0.05) is 0 Å². The quantitative estimate of drug-likeness (QED) is 0.0826. The zero-order valence-corrected chi connectivity index (χ0v) is 46.7. The molecule has 75 heavy (non-hydrogen) atoms. The van der Waals surface area contributed by atoms with E-state index < -0.39 is 15.3 Å². The van der Waals surface area contributed by atoms with Gasteiger partial charge in [-0.2, -0.15) is 0 Å². The van der Waals surface area contributed by atoms with Gasteiger partial charge in [0.1, 0.15) is 0 Å². The Bertz CT molecular complexity index is 3550. The Labute approximate surface area is 454 Å². The molecule has 2 heterocycles. The van der Waals surface area contributed by atoms with Gasteiger partial charge < -0.3 is 0 Å². The summed E-state index contributed by atoms with van der Waals surface area (Å²) in [6, 6.07) is 97.7. The van der Waals surface area contributed by atoms with Gasteiger partial charge in [0.15, 0.2) is 0 Å². The molecule has 0 atom stereocenters. The first-order valence-corrected chi connectivity index (χ1v) is 30.8. The van der Waals surface area contributed by atoms with E-state index in [0.29, 0.717) is 13.2 Å². The molecule has 11 rings (SSSR count). The van der Waals surface area contributed by atoms with E-state index >= 15 is 0 Å². The van der Waals surface area contributed by atoms with Crippen molar-refractivity contribution in [1.82, 2.24) is 0 Å². The minimum absolute atomic E-state index is 0.552. The van der Waals surface area contributed by atoms with Crippen LogP contribution in [0.4, 0.5) is 0 Å². The zero-order chi connectivity index (χ0) is 51.0. The fraction of sp³-hybridized carbons (Fsp3) is 0.0563. The Morgan fingerprint density at radius 3 is 1.24 bits per heavy atom. The van der Waals surface area contributed by atoms with E-state index in [4.69, 9.17) is 4.74 Å². The molecule has 1 nitrogen and oxygen atoms in total. The summed E-state index contributed by atoms with van der Waals surface area (Å²) in [5.41, 5.74) is 13.3. The monoisotopic (exact) mass is 1180 g/mol. The molecule has 1 fully saturated rings. The van der Waals surface area contributed by atoms with E-state index in [-0.39, 0.29) is 0 Å². The molecule has 363 valence electrons. The van der Waals surface area contributed by atoms with Gasteiger partial charge in [-0.1, -0.05) is 60.7 Å². The van der Waals surface area contributed by atoms with Gasteiger partial charge in [-0.25, -0.2) is 0 Å². The van der Waals surface area contributed by atoms with Crippen LogP contribution in [-0.2, 0) is 22.7 Å². The van der Waals surface area contributed by atoms with Crippen molar-refractivity contribution in [2.24, 2.45) is 0 Å². The summed E-state index contributed by atoms with van der Waals surface area (Å²) in [5.74, 6) is 0. The molecule has 0 unspecified atom stereocenters. The molecule has 9 aromatic carbocycles. The second kappa shape index (κ2) is 22.5. The number of hydrogen-bond donors (Lipinski definition) is 0. The van der Waals surface area contributed by atoms with Gasteiger partial charge in [0.05, 0.1) is 0 Å². The van der Waals surface area contributed by atoms with Crippen molar-refractivity contribution in [3.8, 4) is 4.37 Å². The van der Waals surface area contributed by atoms with Crippen LogP contribution < -0.4 is 26.3 Å². The Kier molecular flexibility index (Phi) is 14.9. The summed E-state index contributed by atoms with van der Waals surface area (Å²) < 4.78 is 10.2. The molecule has 2 aliphatic heterocycles. The average molecular weight is 1180 g/mol. The first-order valence-electron chi connectivity index (χ1n) is 25.8. The molecular weight excluding hydrogens is 1120 g/mol. The molecule has 0 spiro atoms. The van der Waals surface area contributed by atoms with E-state index in [9.17, 15) is 0 Å². The Hall–Kier alpha value is -7.56. The van der Waals surface area contributed by atoms with Crippen LogP contribution in [-0.4, -0.2) is 21.3 Å². The summed E-state index contributed by atoms with van der Waals surface area (Å²) in [4.78, 5) is 0. The molecule has 0 saturated carbocycles. The molecule has 0 radical (unpaired) electrons. The molecule has 0 N–H and O–H groups in total. The van der Waals surface area contributed by atoms with Crippen LogP contribution in [0.1, 0.15) is 47.2 Å². The number of rotatable bonds is 13. The van der Waals surface area contributed by atoms with Crippen molar-refractivity contribution in [2.75, 3.05) is 13.2 Å². The third kappa shape index (κ3) is 9.17. The van der Waals surface area contributed by atoms with Crippen LogP contribution in [0, 0.1) is 4.37 Å². The first-order chi connectivity index (χ1) is 37.1. The standard InChI is InChI=1S/C71H57OPSi.Os/c1-4-27-54-42-44-59(45-43-54)70-68(57-28-13-6-14-29-57)69(58-30-15-7-16-31-58)71(74(70,65-38-23-11-24-39-65)66-40-25-12-26-41-66)60-48-46-56(47-49-60)67(50-61-52-72-51-55(61)5-2)53(3)73(62-32-17-8-18-33-62,63-34-19-9-20-35-63)64-36-21-10-22-37-64;/h4-50H,51-52H2,1-2H3;/q+1;/b27-4+,55-5?,61-50?,67-53?;. The molecule has 0 amide bonds. The van der Waals surface area contributed by atoms with Gasteiger partial charge in [-0.15, -0.1) is 0 Å². The molecule has 0 bridgehead atoms. The maximum absolute atomic E-state index is 6.23. The molecular formula is C71H57OOsPSi+. The number of benzene rings is 9. The predicted molar refractivity (Wildman–Crippen MR) is 321 cm³/mol. The van der Waals surface area contributed by atoms with E-state index in [2.05, 4.69) is 303 Å². The SMILES string of the molecule is CC=C1COCC1=CC(=C([C]#[Os])[P+](c1ccccc1)(c1ccccc1)c1ccccc1)c1ccc(C2=C(c3ccccc3)C(c3ccccc3)=C(c3ccc(/C=C/C)cc3)[Si]2(c2ccccc2)c2ccccc2)cc1. The van der Waals surface area contributed by atoms with Gasteiger partial charge >= 0.3 is 385 Å². The summed E-state index contributed by atoms with van der Waals surface area (Å²) in [5, 5.41) is 10.5. The van der Waals surface area contributed by atoms with Crippen LogP contribution >= 0.6 is 7.26 Å². The van der Waals surface area contributed by atoms with Crippen LogP contribution in [0.2, 0.25) is 0 Å². The van der Waals surface area contributed by atoms with E-state index in [1.54, 1.807) is 0 Å². The summed E-state index contributed by atoms with van der Waals surface area (Å²) in [6.07, 6.45) is 8.95. The fourth-order valence-electron chi connectivity index (χ4n) is 11.5. The van der Waals surface area contributed by atoms with E-state index in [1.165, 1.54) is 92.1 Å². The van der Waals surface area contributed by atoms with Gasteiger partial charge in [-0.05, 0) is 12.5 Å². The molecule has 4 heteroatoms. The normalized spacial score (nSPS) is 15.9. The third-order valence-corrected chi connectivity index (χ3v) is 25.1. The van der Waals surface area contributed by atoms with Crippen molar-refractivity contribution in [1.29, 1.82) is 0 Å². The molecule has 1 saturated heterocycles. The van der Waals surface area contributed by atoms with Crippen LogP contribution in [0.5, 0.6) is 0 Å². The van der Waals surface area contributed by atoms with Gasteiger partial charge in [0.2, 0.25) is 0 Å². The van der Waals surface area contributed by atoms with E-state index in [0.717, 1.165) is 11.1 Å². The van der Waals surface area contributed by atoms with Crippen molar-refractivity contribution in [3.05, 3.63) is 329 Å². The van der Waals surface area contributed by atoms with E-state index in [1.807, 2.05) is 17.9 Å². The Morgan fingerprint density at radius 1 is 0.453 bits per heavy atom. The van der Waals surface area contributed by atoms with Gasteiger partial charge in [0.25, 0.3) is 0 Å². The fourth-order valence-corrected chi connectivity index (χ4v) is 23.0. The minimum atomic E-state index is -3.24. The van der Waals surface area contributed by atoms with Crippen molar-refractivity contribution in [3.63, 3.8) is 0 Å². The van der Waals surface area contributed by atoms with Crippen molar-refractivity contribution >= 4 is 74.8 Å². The maximum atomic E-state index is 6.23. The van der Waals surface area contributed by atoms with Crippen LogP contribution in [0.15, 0.2) is 296 Å². The third-order valence-electron chi connectivity index (χ3n) is 14.8. The Balaban J connectivity index is 1.26. The average Bonchev–Trinajstić information content (AvgIpc) is 4.10. The zero-order valence-electron chi connectivity index (χ0n) is 42.3. The number of hydrogen-bond acceptors (Lipinski definition) is 1. The Morgan fingerprint density at radius 2 is 0.840 bits per heavy atom. The van der Waals surface area contributed by atoms with Crippen molar-refractivity contribution in [2.45, 2.75) is 13.8 Å². The number of allylic oxidation sites excluding steroid dienone is 7. The summed E-state index contributed by atoms with van der Waals surface area (Å²) in [6.45, 7) is 5.36. The van der Waals surface area contributed by atoms with Crippen LogP contribution in [0.3, 0.4) is 0 Å². The number of ether oxygens (including phenoxy) is 1. The van der Waals surface area contributed by atoms with Gasteiger partial charge in [-0.3, -0.25) is 0 Å².